The maximum atomic E-state index is 13.9. The van der Waals surface area contributed by atoms with Gasteiger partial charge in [0.15, 0.2) is 5.82 Å². The van der Waals surface area contributed by atoms with E-state index in [0.29, 0.717) is 28.7 Å². The minimum absolute atomic E-state index is 0.0948. The zero-order valence-electron chi connectivity index (χ0n) is 24.4. The number of hydrogen-bond acceptors (Lipinski definition) is 6. The number of anilines is 2. The number of hydrogen-bond donors (Lipinski definition) is 2. The molecule has 0 aliphatic heterocycles. The number of methoxy groups -OCH3 is 1. The van der Waals surface area contributed by atoms with E-state index in [1.54, 1.807) is 44.4 Å². The van der Waals surface area contributed by atoms with Crippen molar-refractivity contribution < 1.29 is 23.6 Å². The van der Waals surface area contributed by atoms with E-state index in [1.807, 2.05) is 45.0 Å². The van der Waals surface area contributed by atoms with Gasteiger partial charge in [0.1, 0.15) is 17.6 Å². The van der Waals surface area contributed by atoms with E-state index in [1.165, 1.54) is 4.90 Å². The molecule has 1 heterocycles. The lowest BCUT2D eigenvalue weighted by Crippen LogP contribution is -2.49. The van der Waals surface area contributed by atoms with Crippen molar-refractivity contribution in [1.82, 2.24) is 10.5 Å². The topological polar surface area (TPSA) is 114 Å². The largest absolute Gasteiger partial charge is 0.497 e. The van der Waals surface area contributed by atoms with E-state index in [0.717, 1.165) is 12.0 Å². The van der Waals surface area contributed by atoms with Crippen LogP contribution < -0.4 is 20.3 Å². The first-order valence-electron chi connectivity index (χ1n) is 13.5. The number of benzene rings is 2. The van der Waals surface area contributed by atoms with Crippen LogP contribution in [0.2, 0.25) is 0 Å². The molecule has 1 aromatic heterocycles. The second-order valence-corrected chi connectivity index (χ2v) is 11.0. The van der Waals surface area contributed by atoms with Gasteiger partial charge in [0.25, 0.3) is 0 Å². The Morgan fingerprint density at radius 2 is 1.62 bits per heavy atom. The van der Waals surface area contributed by atoms with Crippen LogP contribution in [0.4, 0.5) is 11.5 Å². The van der Waals surface area contributed by atoms with Crippen LogP contribution in [0.5, 0.6) is 5.75 Å². The summed E-state index contributed by atoms with van der Waals surface area (Å²) in [5, 5.41) is 9.44. The lowest BCUT2D eigenvalue weighted by Gasteiger charge is -2.34. The predicted molar refractivity (Wildman–Crippen MR) is 155 cm³/mol. The minimum Gasteiger partial charge on any atom is -0.497 e. The molecule has 2 atom stereocenters. The van der Waals surface area contributed by atoms with Gasteiger partial charge in [-0.1, -0.05) is 43.3 Å². The quantitative estimate of drug-likeness (QED) is 0.308. The van der Waals surface area contributed by atoms with E-state index in [4.69, 9.17) is 9.26 Å². The van der Waals surface area contributed by atoms with Gasteiger partial charge in [-0.15, -0.1) is 0 Å². The van der Waals surface area contributed by atoms with Crippen LogP contribution in [0.3, 0.4) is 0 Å². The lowest BCUT2D eigenvalue weighted by atomic mass is 9.97. The highest BCUT2D eigenvalue weighted by Crippen LogP contribution is 2.32. The molecule has 0 bridgehead atoms. The van der Waals surface area contributed by atoms with Crippen molar-refractivity contribution in [2.45, 2.75) is 78.3 Å². The van der Waals surface area contributed by atoms with Gasteiger partial charge in [0.05, 0.1) is 7.11 Å². The molecule has 9 nitrogen and oxygen atoms in total. The molecule has 9 heteroatoms. The minimum atomic E-state index is -0.978. The lowest BCUT2D eigenvalue weighted by molar-refractivity contribution is -0.128. The van der Waals surface area contributed by atoms with Crippen LogP contribution in [0.25, 0.3) is 0 Å². The molecule has 40 heavy (non-hydrogen) atoms. The highest BCUT2D eigenvalue weighted by Gasteiger charge is 2.34. The predicted octanol–water partition coefficient (Wildman–Crippen LogP) is 5.91. The van der Waals surface area contributed by atoms with Crippen LogP contribution in [0.1, 0.15) is 82.7 Å². The van der Waals surface area contributed by atoms with Gasteiger partial charge >= 0.3 is 0 Å². The summed E-state index contributed by atoms with van der Waals surface area (Å²) in [7, 11) is 1.57. The summed E-state index contributed by atoms with van der Waals surface area (Å²) in [6.45, 7) is 11.6. The first kappa shape index (κ1) is 30.4. The second kappa shape index (κ2) is 13.3. The molecule has 2 aromatic carbocycles. The molecule has 3 amide bonds. The standard InChI is InChI=1S/C31H40N4O5/c1-8-20(2)22-9-13-24(14-10-22)35(28(37)18-17-27(36)32-26-19-21(3)40-34-26)29(30(38)33-31(4,5)6)23-11-15-25(39-7)16-12-23/h9-16,19-20,29H,8,17-18H2,1-7H3,(H,33,38)(H,32,34,36)/t20-,29+/m0/s1. The van der Waals surface area contributed by atoms with Gasteiger partial charge in [-0.2, -0.15) is 0 Å². The Hall–Kier alpha value is -4.14. The van der Waals surface area contributed by atoms with Crippen LogP contribution in [0, 0.1) is 6.92 Å². The van der Waals surface area contributed by atoms with Crippen LogP contribution in [0.15, 0.2) is 59.1 Å². The van der Waals surface area contributed by atoms with Gasteiger partial charge in [-0.05, 0) is 75.4 Å². The molecule has 0 spiro atoms. The van der Waals surface area contributed by atoms with Crippen molar-refractivity contribution in [2.75, 3.05) is 17.3 Å². The zero-order chi connectivity index (χ0) is 29.4. The Morgan fingerprint density at radius 1 is 1.00 bits per heavy atom. The molecule has 3 rings (SSSR count). The Balaban J connectivity index is 1.99. The fraction of sp³-hybridized carbons (Fsp3) is 0.419. The third-order valence-corrected chi connectivity index (χ3v) is 6.52. The van der Waals surface area contributed by atoms with E-state index < -0.39 is 11.6 Å². The fourth-order valence-corrected chi connectivity index (χ4v) is 4.25. The monoisotopic (exact) mass is 548 g/mol. The fourth-order valence-electron chi connectivity index (χ4n) is 4.25. The van der Waals surface area contributed by atoms with Crippen LogP contribution >= 0.6 is 0 Å². The molecule has 3 aromatic rings. The van der Waals surface area contributed by atoms with E-state index in [2.05, 4.69) is 29.6 Å². The van der Waals surface area contributed by atoms with E-state index in [-0.39, 0.29) is 36.4 Å². The first-order valence-corrected chi connectivity index (χ1v) is 13.5. The Bertz CT molecular complexity index is 1290. The average Bonchev–Trinajstić information content (AvgIpc) is 3.33. The summed E-state index contributed by atoms with van der Waals surface area (Å²) >= 11 is 0. The highest BCUT2D eigenvalue weighted by molar-refractivity contribution is 6.03. The molecular formula is C31H40N4O5. The van der Waals surface area contributed by atoms with Gasteiger partial charge in [0, 0.05) is 30.1 Å². The number of rotatable bonds is 11. The summed E-state index contributed by atoms with van der Waals surface area (Å²) in [6.07, 6.45) is 0.762. The molecule has 0 unspecified atom stereocenters. The number of nitrogens with zero attached hydrogens (tertiary/aromatic N) is 2. The zero-order valence-corrected chi connectivity index (χ0v) is 24.4. The normalized spacial score (nSPS) is 12.8. The molecule has 0 saturated heterocycles. The number of carbonyl (C=O) groups excluding carboxylic acids is 3. The summed E-state index contributed by atoms with van der Waals surface area (Å²) in [5.41, 5.74) is 1.78. The second-order valence-electron chi connectivity index (χ2n) is 11.0. The summed E-state index contributed by atoms with van der Waals surface area (Å²) in [6, 6.07) is 15.4. The van der Waals surface area contributed by atoms with Gasteiger partial charge in [-0.25, -0.2) is 0 Å². The van der Waals surface area contributed by atoms with Crippen molar-refractivity contribution in [1.29, 1.82) is 0 Å². The summed E-state index contributed by atoms with van der Waals surface area (Å²) < 4.78 is 10.3. The summed E-state index contributed by atoms with van der Waals surface area (Å²) in [5.74, 6) is 0.748. The molecule has 0 fully saturated rings. The van der Waals surface area contributed by atoms with Crippen LogP contribution in [-0.2, 0) is 14.4 Å². The highest BCUT2D eigenvalue weighted by atomic mass is 16.5. The molecule has 0 aliphatic rings. The first-order chi connectivity index (χ1) is 18.9. The third-order valence-electron chi connectivity index (χ3n) is 6.52. The number of ether oxygens (including phenoxy) is 1. The number of aromatic nitrogens is 1. The van der Waals surface area contributed by atoms with Crippen molar-refractivity contribution in [3.63, 3.8) is 0 Å². The molecule has 214 valence electrons. The Kier molecular flexibility index (Phi) is 10.1. The summed E-state index contributed by atoms with van der Waals surface area (Å²) in [4.78, 5) is 41.8. The number of nitrogens with one attached hydrogen (secondary N) is 2. The maximum absolute atomic E-state index is 13.9. The molecule has 2 N–H and O–H groups in total. The molecule has 0 aliphatic carbocycles. The molecule has 0 saturated carbocycles. The Morgan fingerprint density at radius 3 is 2.15 bits per heavy atom. The maximum Gasteiger partial charge on any atom is 0.248 e. The van der Waals surface area contributed by atoms with Crippen molar-refractivity contribution in [3.8, 4) is 5.75 Å². The SMILES string of the molecule is CC[C@H](C)c1ccc(N(C(=O)CCC(=O)Nc2cc(C)on2)[C@@H](C(=O)NC(C)(C)C)c2ccc(OC)cc2)cc1. The number of carbonyl (C=O) groups is 3. The van der Waals surface area contributed by atoms with Gasteiger partial charge in [-0.3, -0.25) is 19.3 Å². The van der Waals surface area contributed by atoms with E-state index >= 15 is 0 Å². The van der Waals surface area contributed by atoms with Crippen LogP contribution in [-0.4, -0.2) is 35.5 Å². The van der Waals surface area contributed by atoms with Crippen molar-refractivity contribution in [3.05, 3.63) is 71.5 Å². The van der Waals surface area contributed by atoms with Crippen molar-refractivity contribution in [2.24, 2.45) is 0 Å². The van der Waals surface area contributed by atoms with Gasteiger partial charge in [0.2, 0.25) is 17.7 Å². The van der Waals surface area contributed by atoms with E-state index in [9.17, 15) is 14.4 Å². The molecular weight excluding hydrogens is 508 g/mol. The Labute approximate surface area is 236 Å². The average molecular weight is 549 g/mol. The third kappa shape index (κ3) is 8.18. The number of amides is 3. The molecule has 0 radical (unpaired) electrons. The van der Waals surface area contributed by atoms with Gasteiger partial charge < -0.3 is 19.9 Å². The number of aryl methyl sites for hydroxylation is 1. The van der Waals surface area contributed by atoms with Crippen molar-refractivity contribution >= 4 is 29.2 Å². The smallest absolute Gasteiger partial charge is 0.248 e.